The van der Waals surface area contributed by atoms with Gasteiger partial charge in [0.2, 0.25) is 0 Å². The van der Waals surface area contributed by atoms with Crippen LogP contribution in [0.2, 0.25) is 0 Å². The summed E-state index contributed by atoms with van der Waals surface area (Å²) in [4.78, 5) is 28.0. The van der Waals surface area contributed by atoms with E-state index in [1.54, 1.807) is 11.5 Å². The molecule has 0 radical (unpaired) electrons. The number of imidazole rings is 1. The van der Waals surface area contributed by atoms with Gasteiger partial charge in [0, 0.05) is 25.7 Å². The summed E-state index contributed by atoms with van der Waals surface area (Å²) in [5.41, 5.74) is 1.65. The average molecular weight is 428 g/mol. The van der Waals surface area contributed by atoms with Gasteiger partial charge < -0.3 is 9.64 Å². The second kappa shape index (κ2) is 10.5. The Morgan fingerprint density at radius 3 is 2.29 bits per heavy atom. The number of rotatable bonds is 6. The molecule has 2 aromatic rings. The summed E-state index contributed by atoms with van der Waals surface area (Å²) in [6.07, 6.45) is 11.7. The Kier molecular flexibility index (Phi) is 7.49. The maximum Gasteiger partial charge on any atom is 0.329 e. The van der Waals surface area contributed by atoms with Gasteiger partial charge in [-0.25, -0.2) is 4.79 Å². The number of ether oxygens (including phenoxy) is 1. The third-order valence-corrected chi connectivity index (χ3v) is 7.12. The smallest absolute Gasteiger partial charge is 0.329 e. The molecule has 0 N–H and O–H groups in total. The molecule has 6 nitrogen and oxygen atoms in total. The lowest BCUT2D eigenvalue weighted by atomic mass is 9.90. The molecule has 2 heterocycles. The van der Waals surface area contributed by atoms with Gasteiger partial charge in [0.15, 0.2) is 0 Å². The topological polar surface area (TPSA) is 56.5 Å². The number of fused-ring (bicyclic) bond motifs is 1. The second-order valence-electron chi connectivity index (χ2n) is 9.28. The first-order valence-corrected chi connectivity index (χ1v) is 12.2. The van der Waals surface area contributed by atoms with Crippen molar-refractivity contribution >= 4 is 17.0 Å². The maximum absolute atomic E-state index is 13.3. The zero-order chi connectivity index (χ0) is 21.6. The van der Waals surface area contributed by atoms with Crippen molar-refractivity contribution < 1.29 is 9.53 Å². The summed E-state index contributed by atoms with van der Waals surface area (Å²) in [5.74, 6) is 0.479. The number of benzene rings is 1. The van der Waals surface area contributed by atoms with Crippen LogP contribution in [0.4, 0.5) is 0 Å². The quantitative estimate of drug-likeness (QED) is 0.643. The summed E-state index contributed by atoms with van der Waals surface area (Å²) in [6, 6.07) is 8.01. The van der Waals surface area contributed by atoms with Crippen LogP contribution in [-0.4, -0.2) is 46.2 Å². The van der Waals surface area contributed by atoms with E-state index < -0.39 is 0 Å². The fraction of sp³-hybridized carbons (Fsp3) is 0.680. The first kappa shape index (κ1) is 22.1. The van der Waals surface area contributed by atoms with Crippen molar-refractivity contribution in [3.63, 3.8) is 0 Å². The van der Waals surface area contributed by atoms with Gasteiger partial charge in [-0.15, -0.1) is 0 Å². The Morgan fingerprint density at radius 2 is 1.61 bits per heavy atom. The van der Waals surface area contributed by atoms with Crippen molar-refractivity contribution in [2.45, 2.75) is 77.3 Å². The first-order chi connectivity index (χ1) is 15.2. The van der Waals surface area contributed by atoms with Crippen LogP contribution in [0.3, 0.4) is 0 Å². The number of hydrogen-bond donors (Lipinski definition) is 0. The number of likely N-dealkylation sites (tertiary alicyclic amines) is 1. The zero-order valence-corrected chi connectivity index (χ0v) is 18.9. The molecule has 0 atom stereocenters. The van der Waals surface area contributed by atoms with E-state index >= 15 is 0 Å². The number of piperidine rings is 1. The fourth-order valence-corrected chi connectivity index (χ4v) is 5.52. The molecule has 170 valence electrons. The van der Waals surface area contributed by atoms with E-state index in [9.17, 15) is 9.59 Å². The molecular weight excluding hydrogens is 390 g/mol. The summed E-state index contributed by atoms with van der Waals surface area (Å²) < 4.78 is 8.60. The number of para-hydroxylation sites is 2. The Balaban J connectivity index is 1.45. The minimum Gasteiger partial charge on any atom is -0.465 e. The summed E-state index contributed by atoms with van der Waals surface area (Å²) in [6.45, 7) is 5.39. The van der Waals surface area contributed by atoms with Crippen LogP contribution >= 0.6 is 0 Å². The second-order valence-corrected chi connectivity index (χ2v) is 9.28. The predicted octanol–water partition coefficient (Wildman–Crippen LogP) is 4.36. The summed E-state index contributed by atoms with van der Waals surface area (Å²) in [7, 11) is 0. The molecule has 31 heavy (non-hydrogen) atoms. The lowest BCUT2D eigenvalue weighted by molar-refractivity contribution is -0.143. The number of carbonyl (C=O) groups is 1. The van der Waals surface area contributed by atoms with Crippen molar-refractivity contribution in [1.82, 2.24) is 14.0 Å². The molecule has 0 spiro atoms. The molecule has 0 amide bonds. The lowest BCUT2D eigenvalue weighted by Crippen LogP contribution is -2.40. The van der Waals surface area contributed by atoms with Crippen LogP contribution in [0.1, 0.15) is 70.8 Å². The standard InChI is InChI=1S/C25H37N3O3/c1-2-31-24(29)19-27-22-12-8-9-13-23(22)28(25(27)30)21-14-16-26(17-15-21)18-20-10-6-4-3-5-7-11-20/h8-9,12-13,20-21H,2-7,10-11,14-19H2,1H3. The molecule has 4 rings (SSSR count). The minimum absolute atomic E-state index is 0.0271. The van der Waals surface area contributed by atoms with E-state index in [1.807, 2.05) is 28.8 Å². The number of carbonyl (C=O) groups excluding carboxylic acids is 1. The van der Waals surface area contributed by atoms with Gasteiger partial charge in [0.05, 0.1) is 17.6 Å². The number of nitrogens with zero attached hydrogens (tertiary/aromatic N) is 3. The van der Waals surface area contributed by atoms with Crippen LogP contribution in [0.25, 0.3) is 11.0 Å². The summed E-state index contributed by atoms with van der Waals surface area (Å²) in [5, 5.41) is 0. The first-order valence-electron chi connectivity index (χ1n) is 12.2. The predicted molar refractivity (Wildman–Crippen MR) is 123 cm³/mol. The molecule has 1 aliphatic carbocycles. The van der Waals surface area contributed by atoms with Gasteiger partial charge >= 0.3 is 11.7 Å². The van der Waals surface area contributed by atoms with Crippen molar-refractivity contribution in [2.24, 2.45) is 5.92 Å². The normalized spacial score (nSPS) is 19.9. The highest BCUT2D eigenvalue weighted by molar-refractivity contribution is 5.79. The van der Waals surface area contributed by atoms with Crippen molar-refractivity contribution in [2.75, 3.05) is 26.2 Å². The van der Waals surface area contributed by atoms with Gasteiger partial charge in [-0.1, -0.05) is 44.2 Å². The lowest BCUT2D eigenvalue weighted by Gasteiger charge is -2.35. The monoisotopic (exact) mass is 427 g/mol. The highest BCUT2D eigenvalue weighted by Gasteiger charge is 2.27. The zero-order valence-electron chi connectivity index (χ0n) is 18.9. The molecule has 1 saturated carbocycles. The van der Waals surface area contributed by atoms with Gasteiger partial charge in [0.25, 0.3) is 0 Å². The van der Waals surface area contributed by atoms with Crippen molar-refractivity contribution in [1.29, 1.82) is 0 Å². The Bertz CT molecular complexity index is 916. The molecule has 1 saturated heterocycles. The molecule has 1 aromatic heterocycles. The highest BCUT2D eigenvalue weighted by atomic mass is 16.5. The highest BCUT2D eigenvalue weighted by Crippen LogP contribution is 2.28. The molecule has 2 aliphatic rings. The van der Waals surface area contributed by atoms with Crippen LogP contribution < -0.4 is 5.69 Å². The number of aromatic nitrogens is 2. The van der Waals surface area contributed by atoms with E-state index in [-0.39, 0.29) is 24.2 Å². The molecule has 1 aromatic carbocycles. The van der Waals surface area contributed by atoms with Crippen LogP contribution in [0.15, 0.2) is 29.1 Å². The van der Waals surface area contributed by atoms with E-state index in [0.29, 0.717) is 6.61 Å². The largest absolute Gasteiger partial charge is 0.465 e. The van der Waals surface area contributed by atoms with Gasteiger partial charge in [-0.05, 0) is 50.7 Å². The Morgan fingerprint density at radius 1 is 0.968 bits per heavy atom. The van der Waals surface area contributed by atoms with Crippen LogP contribution in [0.5, 0.6) is 0 Å². The Hall–Kier alpha value is -2.08. The van der Waals surface area contributed by atoms with Crippen molar-refractivity contribution in [3.05, 3.63) is 34.7 Å². The molecule has 0 bridgehead atoms. The van der Waals surface area contributed by atoms with Crippen molar-refractivity contribution in [3.8, 4) is 0 Å². The van der Waals surface area contributed by atoms with Gasteiger partial charge in [-0.3, -0.25) is 13.9 Å². The van der Waals surface area contributed by atoms with Crippen LogP contribution in [-0.2, 0) is 16.1 Å². The van der Waals surface area contributed by atoms with E-state index in [4.69, 9.17) is 4.74 Å². The third kappa shape index (κ3) is 5.22. The van der Waals surface area contributed by atoms with E-state index in [0.717, 1.165) is 42.9 Å². The molecular formula is C25H37N3O3. The van der Waals surface area contributed by atoms with Gasteiger partial charge in [-0.2, -0.15) is 0 Å². The van der Waals surface area contributed by atoms with E-state index in [2.05, 4.69) is 4.90 Å². The maximum atomic E-state index is 13.3. The van der Waals surface area contributed by atoms with E-state index in [1.165, 1.54) is 51.5 Å². The molecule has 2 fully saturated rings. The third-order valence-electron chi connectivity index (χ3n) is 7.12. The molecule has 0 unspecified atom stereocenters. The fourth-order valence-electron chi connectivity index (χ4n) is 5.52. The SMILES string of the molecule is CCOC(=O)Cn1c(=O)n(C2CCN(CC3CCCCCCC3)CC2)c2ccccc21. The minimum atomic E-state index is -0.360. The average Bonchev–Trinajstić information content (AvgIpc) is 3.02. The Labute approximate surface area is 185 Å². The number of esters is 1. The molecule has 1 aliphatic heterocycles. The van der Waals surface area contributed by atoms with Gasteiger partial charge in [0.1, 0.15) is 6.54 Å². The van der Waals surface area contributed by atoms with Crippen LogP contribution in [0, 0.1) is 5.92 Å². The summed E-state index contributed by atoms with van der Waals surface area (Å²) >= 11 is 0. The number of hydrogen-bond acceptors (Lipinski definition) is 4. The molecule has 6 heteroatoms.